The van der Waals surface area contributed by atoms with Gasteiger partial charge in [0.05, 0.1) is 45.8 Å². The lowest BCUT2D eigenvalue weighted by Gasteiger charge is -2.51. The van der Waals surface area contributed by atoms with Crippen molar-refractivity contribution in [3.05, 3.63) is 71.8 Å². The minimum Gasteiger partial charge on any atom is -0.468 e. The van der Waals surface area contributed by atoms with Crippen molar-refractivity contribution in [2.75, 3.05) is 46.5 Å². The number of carbonyl (C=O) groups is 4. The maximum absolute atomic E-state index is 14.2. The van der Waals surface area contributed by atoms with E-state index in [9.17, 15) is 19.2 Å². The zero-order valence-corrected chi connectivity index (χ0v) is 26.0. The maximum Gasteiger partial charge on any atom is 0.409 e. The fourth-order valence-corrected chi connectivity index (χ4v) is 6.43. The summed E-state index contributed by atoms with van der Waals surface area (Å²) < 4.78 is 28.3. The molecule has 0 saturated carbocycles. The number of nitrogens with zero attached hydrogens (tertiary/aromatic N) is 3. The molecule has 3 aliphatic heterocycles. The molecule has 5 rings (SSSR count). The molecular weight excluding hydrogens is 582 g/mol. The number of esters is 1. The Balaban J connectivity index is 1.38. The van der Waals surface area contributed by atoms with Crippen molar-refractivity contribution in [3.8, 4) is 0 Å². The van der Waals surface area contributed by atoms with Crippen molar-refractivity contribution < 1.29 is 42.5 Å². The molecule has 0 aliphatic carbocycles. The fourth-order valence-electron chi connectivity index (χ4n) is 6.43. The first-order valence-corrected chi connectivity index (χ1v) is 15.4. The van der Waals surface area contributed by atoms with Gasteiger partial charge < -0.3 is 38.1 Å². The molecule has 2 saturated heterocycles. The third kappa shape index (κ3) is 6.91. The highest BCUT2D eigenvalue weighted by Gasteiger charge is 2.59. The zero-order chi connectivity index (χ0) is 32.0. The standard InChI is InChI=1S/C33H41N3O9/c1-4-43-32(40)35-14-12-34(13-15-35)29(37)17-25-19-33(31(39)41-3)23(2)45-27(22-42-21-24-9-6-5-7-10-24)18-28(33)36(30(25)38)20-26-11-8-16-44-26/h5-11,16,18,23,25,27H,4,12-15,17,19-22H2,1-3H3/t23-,25+,27-,33+/m1/s1. The molecule has 1 aromatic heterocycles. The van der Waals surface area contributed by atoms with Crippen LogP contribution in [0.2, 0.25) is 0 Å². The number of carbonyl (C=O) groups excluding carboxylic acids is 4. The Morgan fingerprint density at radius 1 is 1.02 bits per heavy atom. The quantitative estimate of drug-likeness (QED) is 0.366. The number of furan rings is 1. The Morgan fingerprint density at radius 2 is 1.76 bits per heavy atom. The van der Waals surface area contributed by atoms with Gasteiger partial charge in [0.25, 0.3) is 0 Å². The van der Waals surface area contributed by atoms with Crippen LogP contribution >= 0.6 is 0 Å². The van der Waals surface area contributed by atoms with Gasteiger partial charge in [-0.25, -0.2) is 4.79 Å². The smallest absolute Gasteiger partial charge is 0.409 e. The molecule has 0 unspecified atom stereocenters. The van der Waals surface area contributed by atoms with E-state index >= 15 is 0 Å². The lowest BCUT2D eigenvalue weighted by molar-refractivity contribution is -0.178. The number of hydrogen-bond donors (Lipinski definition) is 0. The number of piperazine rings is 1. The fraction of sp³-hybridized carbons (Fsp3) is 0.515. The molecule has 0 spiro atoms. The van der Waals surface area contributed by atoms with Crippen LogP contribution in [0.4, 0.5) is 4.79 Å². The summed E-state index contributed by atoms with van der Waals surface area (Å²) in [4.78, 5) is 58.3. The molecule has 12 heteroatoms. The summed E-state index contributed by atoms with van der Waals surface area (Å²) in [5, 5.41) is 0. The van der Waals surface area contributed by atoms with E-state index in [2.05, 4.69) is 0 Å². The predicted molar refractivity (Wildman–Crippen MR) is 160 cm³/mol. The van der Waals surface area contributed by atoms with Gasteiger partial charge in [0, 0.05) is 44.2 Å². The molecule has 45 heavy (non-hydrogen) atoms. The molecule has 242 valence electrons. The van der Waals surface area contributed by atoms with Crippen LogP contribution in [0.5, 0.6) is 0 Å². The lowest BCUT2D eigenvalue weighted by Crippen LogP contribution is -2.60. The highest BCUT2D eigenvalue weighted by atomic mass is 16.6. The third-order valence-electron chi connectivity index (χ3n) is 8.76. The number of rotatable bonds is 10. The normalized spacial score (nSPS) is 25.0. The summed E-state index contributed by atoms with van der Waals surface area (Å²) in [6.07, 6.45) is 1.62. The molecule has 0 N–H and O–H groups in total. The van der Waals surface area contributed by atoms with Crippen molar-refractivity contribution in [2.45, 2.75) is 52.0 Å². The van der Waals surface area contributed by atoms with E-state index in [-0.39, 0.29) is 44.4 Å². The molecule has 12 nitrogen and oxygen atoms in total. The molecule has 0 bridgehead atoms. The van der Waals surface area contributed by atoms with Gasteiger partial charge >= 0.3 is 12.1 Å². The molecule has 0 radical (unpaired) electrons. The van der Waals surface area contributed by atoms with Gasteiger partial charge in [-0.2, -0.15) is 0 Å². The topological polar surface area (TPSA) is 128 Å². The number of hydrogen-bond acceptors (Lipinski definition) is 9. The van der Waals surface area contributed by atoms with Crippen molar-refractivity contribution in [2.24, 2.45) is 11.3 Å². The van der Waals surface area contributed by atoms with Gasteiger partial charge in [0.2, 0.25) is 11.8 Å². The molecule has 3 aliphatic rings. The lowest BCUT2D eigenvalue weighted by atomic mass is 9.66. The summed E-state index contributed by atoms with van der Waals surface area (Å²) in [7, 11) is 1.31. The minimum atomic E-state index is -1.33. The van der Waals surface area contributed by atoms with Crippen LogP contribution in [0.25, 0.3) is 0 Å². The van der Waals surface area contributed by atoms with E-state index in [0.29, 0.717) is 44.2 Å². The number of benzene rings is 1. The van der Waals surface area contributed by atoms with Crippen LogP contribution in [0.15, 0.2) is 64.9 Å². The largest absolute Gasteiger partial charge is 0.468 e. The van der Waals surface area contributed by atoms with Gasteiger partial charge in [0.1, 0.15) is 17.3 Å². The van der Waals surface area contributed by atoms with Crippen molar-refractivity contribution in [1.82, 2.24) is 14.7 Å². The van der Waals surface area contributed by atoms with Crippen LogP contribution in [0.3, 0.4) is 0 Å². The SMILES string of the molecule is CCOC(=O)N1CCN(C(=O)C[C@H]2C[C@@]3(C(=O)OC)C(=C[C@H](COCc4ccccc4)O[C@@H]3C)N(Cc3ccco3)C2=O)CC1. The second-order valence-corrected chi connectivity index (χ2v) is 11.5. The van der Waals surface area contributed by atoms with Gasteiger partial charge in [-0.05, 0) is 44.0 Å². The highest BCUT2D eigenvalue weighted by molar-refractivity contribution is 5.92. The van der Waals surface area contributed by atoms with E-state index in [1.54, 1.807) is 46.8 Å². The Kier molecular flexibility index (Phi) is 10.2. The van der Waals surface area contributed by atoms with E-state index in [1.165, 1.54) is 13.4 Å². The van der Waals surface area contributed by atoms with Crippen LogP contribution in [0.1, 0.15) is 38.0 Å². The summed E-state index contributed by atoms with van der Waals surface area (Å²) in [6.45, 7) is 5.81. The van der Waals surface area contributed by atoms with E-state index in [1.807, 2.05) is 30.3 Å². The first-order valence-electron chi connectivity index (χ1n) is 15.4. The minimum absolute atomic E-state index is 0.0479. The molecule has 4 heterocycles. The van der Waals surface area contributed by atoms with E-state index in [0.717, 1.165) is 5.56 Å². The van der Waals surface area contributed by atoms with Crippen LogP contribution in [0, 0.1) is 11.3 Å². The average molecular weight is 624 g/mol. The molecule has 4 atom stereocenters. The van der Waals surface area contributed by atoms with Crippen LogP contribution < -0.4 is 0 Å². The second kappa shape index (κ2) is 14.3. The van der Waals surface area contributed by atoms with E-state index < -0.39 is 35.6 Å². The number of piperidine rings is 1. The van der Waals surface area contributed by atoms with Gasteiger partial charge in [-0.1, -0.05) is 30.3 Å². The summed E-state index contributed by atoms with van der Waals surface area (Å²) in [5.41, 5.74) is 0.147. The number of amides is 3. The van der Waals surface area contributed by atoms with Gasteiger partial charge in [-0.15, -0.1) is 0 Å². The monoisotopic (exact) mass is 623 g/mol. The molecule has 2 aromatic rings. The number of methoxy groups -OCH3 is 1. The molecular formula is C33H41N3O9. The zero-order valence-electron chi connectivity index (χ0n) is 26.0. The Morgan fingerprint density at radius 3 is 2.42 bits per heavy atom. The van der Waals surface area contributed by atoms with Gasteiger partial charge in [-0.3, -0.25) is 14.4 Å². The van der Waals surface area contributed by atoms with Crippen molar-refractivity contribution in [3.63, 3.8) is 0 Å². The second-order valence-electron chi connectivity index (χ2n) is 11.5. The third-order valence-corrected chi connectivity index (χ3v) is 8.76. The number of ether oxygens (including phenoxy) is 4. The molecule has 1 aromatic carbocycles. The summed E-state index contributed by atoms with van der Waals surface area (Å²) in [5.74, 6) is -1.33. The number of fused-ring (bicyclic) bond motifs is 1. The van der Waals surface area contributed by atoms with Crippen LogP contribution in [-0.4, -0.2) is 97.3 Å². The average Bonchev–Trinajstić information content (AvgIpc) is 3.57. The first-order chi connectivity index (χ1) is 21.8. The molecule has 3 amide bonds. The highest BCUT2D eigenvalue weighted by Crippen LogP contribution is 2.50. The predicted octanol–water partition coefficient (Wildman–Crippen LogP) is 3.37. The maximum atomic E-state index is 14.2. The summed E-state index contributed by atoms with van der Waals surface area (Å²) in [6, 6.07) is 13.2. The summed E-state index contributed by atoms with van der Waals surface area (Å²) >= 11 is 0. The van der Waals surface area contributed by atoms with Crippen LogP contribution in [-0.2, 0) is 46.5 Å². The van der Waals surface area contributed by atoms with Crippen molar-refractivity contribution in [1.29, 1.82) is 0 Å². The Hall–Kier alpha value is -4.16. The first kappa shape index (κ1) is 32.2. The molecule has 2 fully saturated rings. The van der Waals surface area contributed by atoms with Gasteiger partial charge in [0.15, 0.2) is 0 Å². The Labute approximate surface area is 262 Å². The van der Waals surface area contributed by atoms with E-state index in [4.69, 9.17) is 23.4 Å². The Bertz CT molecular complexity index is 1370. The number of likely N-dealkylation sites (tertiary alicyclic amines) is 1. The van der Waals surface area contributed by atoms with Crippen molar-refractivity contribution >= 4 is 23.9 Å².